The molecule has 0 atom stereocenters. The van der Waals surface area contributed by atoms with Crippen LogP contribution in [0.4, 0.5) is 10.1 Å². The quantitative estimate of drug-likeness (QED) is 0.763. The minimum absolute atomic E-state index is 0.350. The molecule has 1 N–H and O–H groups in total. The smallest absolute Gasteiger partial charge is 0.142 e. The minimum atomic E-state index is -0.350. The lowest BCUT2D eigenvalue weighted by Gasteiger charge is -2.06. The van der Waals surface area contributed by atoms with Crippen LogP contribution >= 0.6 is 22.9 Å². The molecule has 106 valence electrons. The van der Waals surface area contributed by atoms with Crippen molar-refractivity contribution < 1.29 is 4.39 Å². The van der Waals surface area contributed by atoms with Crippen molar-refractivity contribution in [1.29, 1.82) is 0 Å². The molecule has 1 aromatic carbocycles. The van der Waals surface area contributed by atoms with Crippen LogP contribution in [0.25, 0.3) is 10.7 Å². The summed E-state index contributed by atoms with van der Waals surface area (Å²) in [7, 11) is 0. The molecular weight excluding hydrogens is 309 g/mol. The van der Waals surface area contributed by atoms with Gasteiger partial charge in [-0.25, -0.2) is 9.37 Å². The second-order valence-electron chi connectivity index (χ2n) is 4.34. The van der Waals surface area contributed by atoms with Gasteiger partial charge in [0.25, 0.3) is 0 Å². The lowest BCUT2D eigenvalue weighted by Crippen LogP contribution is -2.00. The summed E-state index contributed by atoms with van der Waals surface area (Å²) in [5.74, 6) is -0.350. The molecule has 0 amide bonds. The molecule has 0 aliphatic carbocycles. The van der Waals surface area contributed by atoms with Gasteiger partial charge in [-0.05, 0) is 30.3 Å². The molecular formula is C15H11ClFN3S. The van der Waals surface area contributed by atoms with Crippen LogP contribution in [0.2, 0.25) is 5.02 Å². The largest absolute Gasteiger partial charge is 0.378 e. The van der Waals surface area contributed by atoms with Gasteiger partial charge < -0.3 is 5.32 Å². The zero-order chi connectivity index (χ0) is 14.7. The van der Waals surface area contributed by atoms with E-state index in [2.05, 4.69) is 15.3 Å². The van der Waals surface area contributed by atoms with Gasteiger partial charge in [-0.3, -0.25) is 4.98 Å². The van der Waals surface area contributed by atoms with Gasteiger partial charge >= 0.3 is 0 Å². The van der Waals surface area contributed by atoms with Crippen LogP contribution in [-0.2, 0) is 6.54 Å². The zero-order valence-electron chi connectivity index (χ0n) is 10.9. The molecule has 0 aliphatic rings. The highest BCUT2D eigenvalue weighted by atomic mass is 35.5. The third-order valence-corrected chi connectivity index (χ3v) is 4.05. The summed E-state index contributed by atoms with van der Waals surface area (Å²) >= 11 is 7.50. The molecule has 2 aromatic heterocycles. The molecule has 0 spiro atoms. The molecule has 0 unspecified atom stereocenters. The highest BCUT2D eigenvalue weighted by Crippen LogP contribution is 2.25. The van der Waals surface area contributed by atoms with Crippen molar-refractivity contribution in [2.45, 2.75) is 6.54 Å². The number of rotatable bonds is 4. The summed E-state index contributed by atoms with van der Waals surface area (Å²) < 4.78 is 13.0. The molecule has 6 heteroatoms. The first-order valence-corrected chi connectivity index (χ1v) is 7.53. The zero-order valence-corrected chi connectivity index (χ0v) is 12.5. The van der Waals surface area contributed by atoms with Gasteiger partial charge in [0.15, 0.2) is 0 Å². The van der Waals surface area contributed by atoms with E-state index >= 15 is 0 Å². The number of hydrogen-bond acceptors (Lipinski definition) is 4. The molecule has 0 saturated carbocycles. The van der Waals surface area contributed by atoms with Crippen molar-refractivity contribution in [1.82, 2.24) is 9.97 Å². The Morgan fingerprint density at radius 3 is 2.90 bits per heavy atom. The summed E-state index contributed by atoms with van der Waals surface area (Å²) in [6.45, 7) is 0.523. The van der Waals surface area contributed by atoms with Crippen LogP contribution in [0.15, 0.2) is 48.0 Å². The summed E-state index contributed by atoms with van der Waals surface area (Å²) in [6, 6.07) is 9.99. The fourth-order valence-electron chi connectivity index (χ4n) is 1.81. The van der Waals surface area contributed by atoms with Crippen LogP contribution in [0.3, 0.4) is 0 Å². The topological polar surface area (TPSA) is 37.8 Å². The predicted molar refractivity (Wildman–Crippen MR) is 84.1 cm³/mol. The van der Waals surface area contributed by atoms with Crippen LogP contribution < -0.4 is 5.32 Å². The van der Waals surface area contributed by atoms with E-state index in [1.165, 1.54) is 23.5 Å². The number of hydrogen-bond donors (Lipinski definition) is 1. The number of anilines is 1. The van der Waals surface area contributed by atoms with Gasteiger partial charge in [-0.15, -0.1) is 11.3 Å². The van der Waals surface area contributed by atoms with Gasteiger partial charge in [0.1, 0.15) is 10.8 Å². The molecule has 0 fully saturated rings. The number of aromatic nitrogens is 2. The number of thiazole rings is 1. The van der Waals surface area contributed by atoms with E-state index in [0.29, 0.717) is 17.3 Å². The fraction of sp³-hybridized carbons (Fsp3) is 0.0667. The van der Waals surface area contributed by atoms with Crippen molar-refractivity contribution in [3.63, 3.8) is 0 Å². The monoisotopic (exact) mass is 319 g/mol. The van der Waals surface area contributed by atoms with E-state index < -0.39 is 0 Å². The van der Waals surface area contributed by atoms with Crippen LogP contribution in [0.5, 0.6) is 0 Å². The van der Waals surface area contributed by atoms with E-state index in [4.69, 9.17) is 11.6 Å². The third kappa shape index (κ3) is 3.37. The van der Waals surface area contributed by atoms with Crippen molar-refractivity contribution in [2.24, 2.45) is 0 Å². The Kier molecular flexibility index (Phi) is 4.13. The van der Waals surface area contributed by atoms with Crippen molar-refractivity contribution in [3.8, 4) is 10.7 Å². The predicted octanol–water partition coefficient (Wildman–Crippen LogP) is 4.61. The lowest BCUT2D eigenvalue weighted by molar-refractivity contribution is 0.628. The van der Waals surface area contributed by atoms with Gasteiger partial charge in [0.05, 0.1) is 28.6 Å². The highest BCUT2D eigenvalue weighted by molar-refractivity contribution is 7.13. The Morgan fingerprint density at radius 1 is 1.24 bits per heavy atom. The first-order chi connectivity index (χ1) is 10.2. The maximum absolute atomic E-state index is 13.0. The van der Waals surface area contributed by atoms with Crippen LogP contribution in [0.1, 0.15) is 5.69 Å². The molecule has 0 bridgehead atoms. The van der Waals surface area contributed by atoms with Crippen molar-refractivity contribution in [2.75, 3.05) is 5.32 Å². The second-order valence-corrected chi connectivity index (χ2v) is 5.60. The first kappa shape index (κ1) is 14.0. The molecule has 0 radical (unpaired) electrons. The number of nitrogens with zero attached hydrogens (tertiary/aromatic N) is 2. The first-order valence-electron chi connectivity index (χ1n) is 6.27. The summed E-state index contributed by atoms with van der Waals surface area (Å²) in [6.07, 6.45) is 1.74. The van der Waals surface area contributed by atoms with Gasteiger partial charge in [0, 0.05) is 11.6 Å². The van der Waals surface area contributed by atoms with Crippen molar-refractivity contribution in [3.05, 3.63) is 64.5 Å². The summed E-state index contributed by atoms with van der Waals surface area (Å²) in [5.41, 5.74) is 2.43. The summed E-state index contributed by atoms with van der Waals surface area (Å²) in [5, 5.41) is 6.34. The molecule has 3 rings (SSSR count). The maximum Gasteiger partial charge on any atom is 0.142 e. The molecule has 2 heterocycles. The number of pyridine rings is 1. The van der Waals surface area contributed by atoms with E-state index in [9.17, 15) is 4.39 Å². The van der Waals surface area contributed by atoms with Crippen LogP contribution in [0, 0.1) is 5.82 Å². The minimum Gasteiger partial charge on any atom is -0.378 e. The normalized spacial score (nSPS) is 10.6. The van der Waals surface area contributed by atoms with Gasteiger partial charge in [0.2, 0.25) is 0 Å². The van der Waals surface area contributed by atoms with E-state index in [0.717, 1.165) is 16.4 Å². The number of nitrogens with one attached hydrogen (secondary N) is 1. The Bertz CT molecular complexity index is 746. The van der Waals surface area contributed by atoms with Crippen LogP contribution in [-0.4, -0.2) is 9.97 Å². The average molecular weight is 320 g/mol. The second kappa shape index (κ2) is 6.20. The van der Waals surface area contributed by atoms with Gasteiger partial charge in [-0.2, -0.15) is 0 Å². The molecule has 3 aromatic rings. The Labute approximate surface area is 130 Å². The SMILES string of the molecule is Fc1ccc(NCc2csc(-c3ccccn3)n2)c(Cl)c1. The molecule has 0 aliphatic heterocycles. The fourth-order valence-corrected chi connectivity index (χ4v) is 2.84. The van der Waals surface area contributed by atoms with Gasteiger partial charge in [-0.1, -0.05) is 17.7 Å². The maximum atomic E-state index is 13.0. The molecule has 21 heavy (non-hydrogen) atoms. The van der Waals surface area contributed by atoms with E-state index in [1.54, 1.807) is 12.3 Å². The highest BCUT2D eigenvalue weighted by Gasteiger charge is 2.06. The van der Waals surface area contributed by atoms with E-state index in [-0.39, 0.29) is 5.82 Å². The third-order valence-electron chi connectivity index (χ3n) is 2.83. The lowest BCUT2D eigenvalue weighted by atomic mass is 10.3. The number of benzene rings is 1. The Morgan fingerprint density at radius 2 is 2.14 bits per heavy atom. The summed E-state index contributed by atoms with van der Waals surface area (Å²) in [4.78, 5) is 8.79. The number of halogens is 2. The van der Waals surface area contributed by atoms with Crippen molar-refractivity contribution >= 4 is 28.6 Å². The average Bonchev–Trinajstić information content (AvgIpc) is 2.96. The Hall–Kier alpha value is -1.98. The van der Waals surface area contributed by atoms with E-state index in [1.807, 2.05) is 23.6 Å². The molecule has 3 nitrogen and oxygen atoms in total. The standard InChI is InChI=1S/C15H11ClFN3S/c16-12-7-10(17)4-5-13(12)19-8-11-9-21-15(20-11)14-3-1-2-6-18-14/h1-7,9,19H,8H2. The Balaban J connectivity index is 1.70. The molecule has 0 saturated heterocycles.